The first-order chi connectivity index (χ1) is 11.8. The number of aryl methyl sites for hydroxylation is 2. The summed E-state index contributed by atoms with van der Waals surface area (Å²) in [4.78, 5) is 23.8. The number of hydrogen-bond acceptors (Lipinski definition) is 4. The number of rotatable bonds is 6. The maximum absolute atomic E-state index is 11.9. The van der Waals surface area contributed by atoms with E-state index in [1.807, 2.05) is 38.1 Å². The molecule has 0 heterocycles. The van der Waals surface area contributed by atoms with Crippen LogP contribution in [0.4, 0.5) is 5.69 Å². The van der Waals surface area contributed by atoms with E-state index in [1.165, 1.54) is 0 Å². The zero-order valence-corrected chi connectivity index (χ0v) is 15.1. The Morgan fingerprint density at radius 1 is 1.12 bits per heavy atom. The minimum absolute atomic E-state index is 0.412. The Balaban J connectivity index is 1.83. The minimum Gasteiger partial charge on any atom is -0.479 e. The Kier molecular flexibility index (Phi) is 6.42. The van der Waals surface area contributed by atoms with Gasteiger partial charge in [0.05, 0.1) is 10.7 Å². The number of halogens is 1. The van der Waals surface area contributed by atoms with Crippen molar-refractivity contribution in [1.82, 2.24) is 0 Å². The number of benzene rings is 2. The average Bonchev–Trinajstić information content (AvgIpc) is 2.55. The lowest BCUT2D eigenvalue weighted by atomic mass is 10.2. The second kappa shape index (κ2) is 8.53. The molecule has 2 aromatic carbocycles. The van der Waals surface area contributed by atoms with Crippen molar-refractivity contribution in [2.24, 2.45) is 0 Å². The highest BCUT2D eigenvalue weighted by Crippen LogP contribution is 2.22. The average molecular weight is 362 g/mol. The molecule has 0 aliphatic rings. The van der Waals surface area contributed by atoms with Gasteiger partial charge in [-0.25, -0.2) is 4.79 Å². The maximum Gasteiger partial charge on any atom is 0.347 e. The second-order valence-corrected chi connectivity index (χ2v) is 6.12. The summed E-state index contributed by atoms with van der Waals surface area (Å²) < 4.78 is 10.5. The van der Waals surface area contributed by atoms with Gasteiger partial charge in [-0.2, -0.15) is 0 Å². The predicted octanol–water partition coefficient (Wildman–Crippen LogP) is 3.91. The number of carbonyl (C=O) groups excluding carboxylic acids is 2. The molecule has 0 saturated heterocycles. The Morgan fingerprint density at radius 3 is 2.52 bits per heavy atom. The van der Waals surface area contributed by atoms with Gasteiger partial charge < -0.3 is 14.8 Å². The molecule has 2 aromatic rings. The number of esters is 1. The van der Waals surface area contributed by atoms with Gasteiger partial charge in [0.15, 0.2) is 12.7 Å². The maximum atomic E-state index is 11.9. The van der Waals surface area contributed by atoms with Crippen LogP contribution in [0.5, 0.6) is 5.75 Å². The van der Waals surface area contributed by atoms with Crippen molar-refractivity contribution in [3.63, 3.8) is 0 Å². The first-order valence-electron chi connectivity index (χ1n) is 7.81. The molecule has 1 atom stereocenters. The topological polar surface area (TPSA) is 64.6 Å². The van der Waals surface area contributed by atoms with Crippen LogP contribution in [0.3, 0.4) is 0 Å². The van der Waals surface area contributed by atoms with E-state index < -0.39 is 24.6 Å². The molecular weight excluding hydrogens is 342 g/mol. The van der Waals surface area contributed by atoms with E-state index in [1.54, 1.807) is 25.1 Å². The van der Waals surface area contributed by atoms with Crippen LogP contribution in [0.2, 0.25) is 5.02 Å². The van der Waals surface area contributed by atoms with E-state index in [2.05, 4.69) is 5.32 Å². The van der Waals surface area contributed by atoms with Crippen molar-refractivity contribution in [3.8, 4) is 5.75 Å². The molecule has 2 rings (SSSR count). The van der Waals surface area contributed by atoms with E-state index in [-0.39, 0.29) is 0 Å². The number of carbonyl (C=O) groups is 2. The van der Waals surface area contributed by atoms with Gasteiger partial charge in [-0.15, -0.1) is 0 Å². The van der Waals surface area contributed by atoms with Gasteiger partial charge in [-0.05, 0) is 56.2 Å². The lowest BCUT2D eigenvalue weighted by molar-refractivity contribution is -0.153. The molecule has 0 unspecified atom stereocenters. The molecule has 0 aliphatic carbocycles. The molecule has 1 N–H and O–H groups in total. The zero-order chi connectivity index (χ0) is 18.4. The quantitative estimate of drug-likeness (QED) is 0.792. The molecule has 6 heteroatoms. The van der Waals surface area contributed by atoms with Crippen molar-refractivity contribution in [3.05, 3.63) is 58.6 Å². The molecule has 0 aliphatic heterocycles. The number of amides is 1. The Morgan fingerprint density at radius 2 is 1.84 bits per heavy atom. The molecule has 0 fully saturated rings. The van der Waals surface area contributed by atoms with Crippen LogP contribution in [0, 0.1) is 13.8 Å². The van der Waals surface area contributed by atoms with E-state index in [0.29, 0.717) is 16.5 Å². The summed E-state index contributed by atoms with van der Waals surface area (Å²) in [6, 6.07) is 12.6. The summed E-state index contributed by atoms with van der Waals surface area (Å²) in [5.74, 6) is -0.520. The lowest BCUT2D eigenvalue weighted by Crippen LogP contribution is -2.29. The zero-order valence-electron chi connectivity index (χ0n) is 14.3. The van der Waals surface area contributed by atoms with E-state index >= 15 is 0 Å². The number of ether oxygens (including phenoxy) is 2. The fourth-order valence-corrected chi connectivity index (χ4v) is 2.39. The van der Waals surface area contributed by atoms with E-state index in [9.17, 15) is 9.59 Å². The molecule has 0 bridgehead atoms. The molecule has 25 heavy (non-hydrogen) atoms. The second-order valence-electron chi connectivity index (χ2n) is 5.72. The van der Waals surface area contributed by atoms with Gasteiger partial charge in [-0.1, -0.05) is 29.8 Å². The van der Waals surface area contributed by atoms with Crippen LogP contribution in [0.25, 0.3) is 0 Å². The predicted molar refractivity (Wildman–Crippen MR) is 97.0 cm³/mol. The third kappa shape index (κ3) is 5.80. The number of hydrogen-bond donors (Lipinski definition) is 1. The monoisotopic (exact) mass is 361 g/mol. The van der Waals surface area contributed by atoms with Crippen LogP contribution in [0.15, 0.2) is 42.5 Å². The summed E-state index contributed by atoms with van der Waals surface area (Å²) in [6.45, 7) is 4.98. The third-order valence-corrected chi connectivity index (χ3v) is 3.69. The standard InChI is InChI=1S/C19H20ClNO4/c1-12-5-4-6-15(9-12)25-14(3)19(23)24-11-18(22)21-17-8-7-13(2)10-16(17)20/h4-10,14H,11H2,1-3H3,(H,21,22)/t14-/m1/s1. The summed E-state index contributed by atoms with van der Waals surface area (Å²) in [5.41, 5.74) is 2.47. The van der Waals surface area contributed by atoms with Crippen LogP contribution in [0.1, 0.15) is 18.1 Å². The van der Waals surface area contributed by atoms with Crippen molar-refractivity contribution in [2.45, 2.75) is 26.9 Å². The molecular formula is C19H20ClNO4. The third-order valence-electron chi connectivity index (χ3n) is 3.38. The van der Waals surface area contributed by atoms with Crippen LogP contribution in [-0.2, 0) is 14.3 Å². The van der Waals surface area contributed by atoms with Crippen LogP contribution < -0.4 is 10.1 Å². The largest absolute Gasteiger partial charge is 0.479 e. The summed E-state index contributed by atoms with van der Waals surface area (Å²) in [5, 5.41) is 3.03. The Hall–Kier alpha value is -2.53. The molecule has 1 amide bonds. The van der Waals surface area contributed by atoms with Crippen LogP contribution >= 0.6 is 11.6 Å². The number of nitrogens with one attached hydrogen (secondary N) is 1. The molecule has 5 nitrogen and oxygen atoms in total. The Bertz CT molecular complexity index is 776. The van der Waals surface area contributed by atoms with Gasteiger partial charge in [0.1, 0.15) is 5.75 Å². The molecule has 0 saturated carbocycles. The summed E-state index contributed by atoms with van der Waals surface area (Å²) in [6.07, 6.45) is -0.822. The van der Waals surface area contributed by atoms with Crippen LogP contribution in [-0.4, -0.2) is 24.6 Å². The molecule has 0 aromatic heterocycles. The highest BCUT2D eigenvalue weighted by Gasteiger charge is 2.18. The summed E-state index contributed by atoms with van der Waals surface area (Å²) >= 11 is 6.05. The van der Waals surface area contributed by atoms with Gasteiger partial charge in [0, 0.05) is 0 Å². The first kappa shape index (κ1) is 18.8. The fourth-order valence-electron chi connectivity index (χ4n) is 2.10. The van der Waals surface area contributed by atoms with Crippen molar-refractivity contribution < 1.29 is 19.1 Å². The van der Waals surface area contributed by atoms with Gasteiger partial charge in [-0.3, -0.25) is 4.79 Å². The normalized spacial score (nSPS) is 11.5. The smallest absolute Gasteiger partial charge is 0.347 e. The fraction of sp³-hybridized carbons (Fsp3) is 0.263. The van der Waals surface area contributed by atoms with E-state index in [0.717, 1.165) is 11.1 Å². The lowest BCUT2D eigenvalue weighted by Gasteiger charge is -2.14. The van der Waals surface area contributed by atoms with E-state index in [4.69, 9.17) is 21.1 Å². The molecule has 0 spiro atoms. The van der Waals surface area contributed by atoms with Gasteiger partial charge in [0.2, 0.25) is 0 Å². The minimum atomic E-state index is -0.822. The summed E-state index contributed by atoms with van der Waals surface area (Å²) in [7, 11) is 0. The first-order valence-corrected chi connectivity index (χ1v) is 8.19. The molecule has 0 radical (unpaired) electrons. The van der Waals surface area contributed by atoms with Gasteiger partial charge >= 0.3 is 5.97 Å². The van der Waals surface area contributed by atoms with Gasteiger partial charge in [0.25, 0.3) is 5.91 Å². The molecule has 132 valence electrons. The van der Waals surface area contributed by atoms with Crippen molar-refractivity contribution in [1.29, 1.82) is 0 Å². The highest BCUT2D eigenvalue weighted by atomic mass is 35.5. The van der Waals surface area contributed by atoms with Crippen molar-refractivity contribution >= 4 is 29.2 Å². The number of anilines is 1. The Labute approximate surface area is 151 Å². The highest BCUT2D eigenvalue weighted by molar-refractivity contribution is 6.33. The van der Waals surface area contributed by atoms with Crippen molar-refractivity contribution in [2.75, 3.05) is 11.9 Å². The SMILES string of the molecule is Cc1cccc(O[C@H](C)C(=O)OCC(=O)Nc2ccc(C)cc2Cl)c1.